The fourth-order valence-corrected chi connectivity index (χ4v) is 6.29. The van der Waals surface area contributed by atoms with E-state index in [0.717, 1.165) is 42.4 Å². The molecule has 0 spiro atoms. The molecule has 186 valence electrons. The van der Waals surface area contributed by atoms with E-state index in [1.807, 2.05) is 13.0 Å². The number of hydrogen-bond donors (Lipinski definition) is 4. The molecule has 0 bridgehead atoms. The molecule has 0 radical (unpaired) electrons. The van der Waals surface area contributed by atoms with Gasteiger partial charge in [0.1, 0.15) is 22.8 Å². The first-order valence-corrected chi connectivity index (χ1v) is 12.5. The van der Waals surface area contributed by atoms with Crippen LogP contribution in [-0.4, -0.2) is 32.8 Å². The molecule has 7 heteroatoms. The highest BCUT2D eigenvalue weighted by Gasteiger charge is 2.50. The van der Waals surface area contributed by atoms with Gasteiger partial charge in [-0.2, -0.15) is 0 Å². The van der Waals surface area contributed by atoms with Crippen molar-refractivity contribution in [2.75, 3.05) is 0 Å². The lowest BCUT2D eigenvalue weighted by molar-refractivity contribution is -0.126. The lowest BCUT2D eigenvalue weighted by Crippen LogP contribution is -2.43. The molecule has 1 amide bonds. The molecular formula is C29H29NO6. The van der Waals surface area contributed by atoms with Gasteiger partial charge in [-0.3, -0.25) is 14.4 Å². The van der Waals surface area contributed by atoms with Crippen molar-refractivity contribution < 1.29 is 29.7 Å². The minimum atomic E-state index is -1.12. The lowest BCUT2D eigenvalue weighted by Gasteiger charge is -2.41. The smallest absolute Gasteiger partial charge is 0.255 e. The molecule has 5 rings (SSSR count). The van der Waals surface area contributed by atoms with Gasteiger partial charge < -0.3 is 21.1 Å². The van der Waals surface area contributed by atoms with Crippen molar-refractivity contribution in [3.63, 3.8) is 0 Å². The average Bonchev–Trinajstić information content (AvgIpc) is 2.83. The van der Waals surface area contributed by atoms with E-state index in [9.17, 15) is 29.7 Å². The molecule has 1 unspecified atom stereocenters. The third-order valence-corrected chi connectivity index (χ3v) is 8.01. The number of aryl methyl sites for hydroxylation is 1. The third kappa shape index (κ3) is 3.72. The number of Topliss-reactive ketones (excluding diaryl/α,β-unsaturated/α-hetero) is 2. The Kier molecular flexibility index (Phi) is 5.99. The number of primary amides is 1. The minimum absolute atomic E-state index is 0.0276. The molecule has 7 nitrogen and oxygen atoms in total. The van der Waals surface area contributed by atoms with Crippen LogP contribution in [0.5, 0.6) is 5.75 Å². The number of aliphatic hydroxyl groups excluding tert-OH is 2. The molecule has 36 heavy (non-hydrogen) atoms. The van der Waals surface area contributed by atoms with Gasteiger partial charge in [-0.1, -0.05) is 24.8 Å². The summed E-state index contributed by atoms with van der Waals surface area (Å²) in [6.07, 6.45) is 7.68. The Hall–Kier alpha value is -3.79. The molecule has 3 atom stereocenters. The van der Waals surface area contributed by atoms with Crippen LogP contribution in [0.25, 0.3) is 0 Å². The summed E-state index contributed by atoms with van der Waals surface area (Å²) in [5, 5.41) is 32.6. The Morgan fingerprint density at radius 3 is 2.58 bits per heavy atom. The molecule has 4 aliphatic rings. The quantitative estimate of drug-likeness (QED) is 0.369. The van der Waals surface area contributed by atoms with Crippen LogP contribution < -0.4 is 5.73 Å². The van der Waals surface area contributed by atoms with Gasteiger partial charge in [-0.25, -0.2) is 0 Å². The number of allylic oxidation sites excluding steroid dienone is 5. The number of phenols is 1. The van der Waals surface area contributed by atoms with Crippen LogP contribution in [0.4, 0.5) is 0 Å². The molecule has 4 aliphatic carbocycles. The van der Waals surface area contributed by atoms with E-state index in [-0.39, 0.29) is 40.7 Å². The molecule has 1 aromatic rings. The van der Waals surface area contributed by atoms with Gasteiger partial charge in [-0.05, 0) is 79.5 Å². The minimum Gasteiger partial charge on any atom is -0.511 e. The van der Waals surface area contributed by atoms with Gasteiger partial charge in [0, 0.05) is 12.0 Å². The van der Waals surface area contributed by atoms with Crippen molar-refractivity contribution in [1.29, 1.82) is 0 Å². The summed E-state index contributed by atoms with van der Waals surface area (Å²) in [5.41, 5.74) is 8.05. The van der Waals surface area contributed by atoms with Crippen molar-refractivity contribution >= 4 is 17.5 Å². The first-order valence-electron chi connectivity index (χ1n) is 12.5. The second-order valence-electron chi connectivity index (χ2n) is 10.1. The van der Waals surface area contributed by atoms with Crippen molar-refractivity contribution in [3.8, 4) is 17.6 Å². The molecule has 0 heterocycles. The number of rotatable bonds is 2. The van der Waals surface area contributed by atoms with Gasteiger partial charge in [0.05, 0.1) is 17.0 Å². The Morgan fingerprint density at radius 1 is 1.14 bits per heavy atom. The predicted octanol–water partition coefficient (Wildman–Crippen LogP) is 3.88. The molecule has 0 saturated carbocycles. The Balaban J connectivity index is 1.60. The van der Waals surface area contributed by atoms with E-state index in [0.29, 0.717) is 24.8 Å². The average molecular weight is 488 g/mol. The van der Waals surface area contributed by atoms with Crippen molar-refractivity contribution in [2.45, 2.75) is 58.3 Å². The fraction of sp³-hybridized carbons (Fsp3) is 0.414. The van der Waals surface area contributed by atoms with Crippen LogP contribution in [0.2, 0.25) is 0 Å². The number of nitrogens with two attached hydrogens (primary N) is 1. The Bertz CT molecular complexity index is 1370. The second kappa shape index (κ2) is 9.02. The van der Waals surface area contributed by atoms with E-state index in [2.05, 4.69) is 17.9 Å². The summed E-state index contributed by atoms with van der Waals surface area (Å²) >= 11 is 0. The maximum absolute atomic E-state index is 13.8. The van der Waals surface area contributed by atoms with Crippen LogP contribution in [0, 0.1) is 29.6 Å². The topological polar surface area (TPSA) is 138 Å². The maximum atomic E-state index is 13.8. The van der Waals surface area contributed by atoms with Crippen LogP contribution >= 0.6 is 0 Å². The van der Waals surface area contributed by atoms with Crippen LogP contribution in [0.1, 0.15) is 72.5 Å². The molecule has 0 aromatic heterocycles. The fourth-order valence-electron chi connectivity index (χ4n) is 6.29. The number of ketones is 2. The number of aliphatic hydroxyl groups is 2. The number of carbonyl (C=O) groups excluding carboxylic acids is 3. The van der Waals surface area contributed by atoms with E-state index in [1.54, 1.807) is 0 Å². The second-order valence-corrected chi connectivity index (χ2v) is 10.1. The van der Waals surface area contributed by atoms with Gasteiger partial charge >= 0.3 is 0 Å². The maximum Gasteiger partial charge on any atom is 0.255 e. The van der Waals surface area contributed by atoms with Crippen LogP contribution in [0.15, 0.2) is 40.4 Å². The number of fused-ring (bicyclic) bond motifs is 3. The lowest BCUT2D eigenvalue weighted by atomic mass is 9.62. The normalized spacial score (nSPS) is 25.4. The monoisotopic (exact) mass is 487 g/mol. The zero-order valence-electron chi connectivity index (χ0n) is 20.2. The van der Waals surface area contributed by atoms with Crippen molar-refractivity contribution in [3.05, 3.63) is 62.6 Å². The third-order valence-electron chi connectivity index (χ3n) is 8.01. The Morgan fingerprint density at radius 2 is 1.92 bits per heavy atom. The standard InChI is InChI=1S/C29H29NO6/c1-2-15-10-16(9-8-14-6-4-3-5-7-14)25(32)23-19(15)12-17-11-18-13-20(31)24(29(30)36)28(35)22(18)26(33)21(17)27(23)34/h6,10,17-18,22,31-33H,2-5,7,11-13H2,1H3,(H2,30,36)/t17-,18+,22?/m1/s1. The zero-order valence-corrected chi connectivity index (χ0v) is 20.2. The summed E-state index contributed by atoms with van der Waals surface area (Å²) < 4.78 is 0. The molecule has 0 fully saturated rings. The van der Waals surface area contributed by atoms with Crippen LogP contribution in [0.3, 0.4) is 0 Å². The van der Waals surface area contributed by atoms with E-state index < -0.39 is 34.9 Å². The van der Waals surface area contributed by atoms with E-state index >= 15 is 0 Å². The number of benzene rings is 1. The SMILES string of the molecule is CCc1cc(C#CC2=CCCCC2)c(O)c2c1C[C@H]1C[C@H]3CC(O)=C(C(N)=O)C(=O)C3C(O)=C1C2=O. The van der Waals surface area contributed by atoms with E-state index in [1.165, 1.54) is 0 Å². The summed E-state index contributed by atoms with van der Waals surface area (Å²) in [4.78, 5) is 38.5. The van der Waals surface area contributed by atoms with Crippen molar-refractivity contribution in [1.82, 2.24) is 0 Å². The first-order chi connectivity index (χ1) is 17.2. The summed E-state index contributed by atoms with van der Waals surface area (Å²) in [7, 11) is 0. The van der Waals surface area contributed by atoms with E-state index in [4.69, 9.17) is 5.73 Å². The number of phenolic OH excluding ortho intramolecular Hbond substituents is 1. The number of hydrogen-bond acceptors (Lipinski definition) is 6. The number of carbonyl (C=O) groups is 3. The Labute approximate surface area is 209 Å². The molecule has 0 aliphatic heterocycles. The number of amides is 1. The van der Waals surface area contributed by atoms with Gasteiger partial charge in [0.25, 0.3) is 5.91 Å². The predicted molar refractivity (Wildman–Crippen MR) is 132 cm³/mol. The zero-order chi connectivity index (χ0) is 25.7. The largest absolute Gasteiger partial charge is 0.511 e. The summed E-state index contributed by atoms with van der Waals surface area (Å²) in [5.74, 6) is 0.963. The molecule has 1 aromatic carbocycles. The highest BCUT2D eigenvalue weighted by molar-refractivity contribution is 6.22. The van der Waals surface area contributed by atoms with Crippen molar-refractivity contribution in [2.24, 2.45) is 23.5 Å². The highest BCUT2D eigenvalue weighted by atomic mass is 16.3. The van der Waals surface area contributed by atoms with Gasteiger partial charge in [-0.15, -0.1) is 0 Å². The number of aromatic hydroxyl groups is 1. The summed E-state index contributed by atoms with van der Waals surface area (Å²) in [6, 6.07) is 1.84. The van der Waals surface area contributed by atoms with Gasteiger partial charge in [0.15, 0.2) is 11.6 Å². The highest BCUT2D eigenvalue weighted by Crippen LogP contribution is 2.50. The molecular weight excluding hydrogens is 458 g/mol. The molecule has 5 N–H and O–H groups in total. The first kappa shape index (κ1) is 23.9. The summed E-state index contributed by atoms with van der Waals surface area (Å²) in [6.45, 7) is 1.98. The molecule has 0 saturated heterocycles. The van der Waals surface area contributed by atoms with Crippen LogP contribution in [-0.2, 0) is 22.4 Å². The van der Waals surface area contributed by atoms with Gasteiger partial charge in [0.2, 0.25) is 0 Å².